The zero-order valence-electron chi connectivity index (χ0n) is 6.77. The summed E-state index contributed by atoms with van der Waals surface area (Å²) in [6, 6.07) is 2.85. The molecule has 6 heteroatoms. The fourth-order valence-electron chi connectivity index (χ4n) is 0.906. The average Bonchev–Trinajstić information content (AvgIpc) is 2.17. The summed E-state index contributed by atoms with van der Waals surface area (Å²) in [7, 11) is 0. The van der Waals surface area contributed by atoms with E-state index in [-0.39, 0.29) is 16.3 Å². The Hall–Kier alpha value is -0.730. The van der Waals surface area contributed by atoms with Crippen LogP contribution >= 0.6 is 27.5 Å². The van der Waals surface area contributed by atoms with Gasteiger partial charge in [0.2, 0.25) is 0 Å². The first-order valence-corrected chi connectivity index (χ1v) is 5.03. The third kappa shape index (κ3) is 2.20. The lowest BCUT2D eigenvalue weighted by atomic mass is 10.2. The quantitative estimate of drug-likeness (QED) is 0.779. The molecule has 0 saturated heterocycles. The summed E-state index contributed by atoms with van der Waals surface area (Å²) in [4.78, 5) is 3.78. The maximum Gasteiger partial charge on any atom is 0.265 e. The topological polar surface area (TPSA) is 36.7 Å². The van der Waals surface area contributed by atoms with Crippen molar-refractivity contribution in [1.82, 2.24) is 4.98 Å². The first-order valence-electron chi connectivity index (χ1n) is 3.53. The van der Waals surface area contributed by atoms with Gasteiger partial charge in [-0.2, -0.15) is 5.26 Å². The zero-order valence-corrected chi connectivity index (χ0v) is 9.11. The van der Waals surface area contributed by atoms with Crippen molar-refractivity contribution >= 4 is 27.5 Å². The van der Waals surface area contributed by atoms with Gasteiger partial charge in [-0.1, -0.05) is 27.5 Å². The number of hydrogen-bond acceptors (Lipinski definition) is 2. The summed E-state index contributed by atoms with van der Waals surface area (Å²) in [5.41, 5.74) is -0.159. The van der Waals surface area contributed by atoms with Crippen LogP contribution in [-0.2, 0) is 5.33 Å². The number of nitriles is 1. The molecule has 0 saturated carbocycles. The van der Waals surface area contributed by atoms with Gasteiger partial charge in [0.25, 0.3) is 6.43 Å². The predicted octanol–water partition coefficient (Wildman–Crippen LogP) is 3.44. The van der Waals surface area contributed by atoms with Gasteiger partial charge in [-0.05, 0) is 6.07 Å². The van der Waals surface area contributed by atoms with Crippen LogP contribution in [0.2, 0.25) is 5.02 Å². The van der Waals surface area contributed by atoms with Gasteiger partial charge in [0.15, 0.2) is 5.69 Å². The normalized spacial score (nSPS) is 10.3. The molecule has 0 bridgehead atoms. The van der Waals surface area contributed by atoms with Crippen molar-refractivity contribution in [1.29, 1.82) is 5.26 Å². The molecule has 0 aliphatic carbocycles. The van der Waals surface area contributed by atoms with Crippen LogP contribution in [-0.4, -0.2) is 4.98 Å². The van der Waals surface area contributed by atoms with Crippen molar-refractivity contribution in [2.45, 2.75) is 11.8 Å². The van der Waals surface area contributed by atoms with Gasteiger partial charge in [0.05, 0.1) is 10.7 Å². The molecule has 0 spiro atoms. The van der Waals surface area contributed by atoms with Gasteiger partial charge in [0.1, 0.15) is 6.07 Å². The summed E-state index contributed by atoms with van der Waals surface area (Å²) in [6.45, 7) is 0. The highest BCUT2D eigenvalue weighted by Crippen LogP contribution is 2.29. The van der Waals surface area contributed by atoms with Crippen LogP contribution in [0.1, 0.15) is 23.4 Å². The largest absolute Gasteiger partial charge is 0.265 e. The second-order valence-electron chi connectivity index (χ2n) is 2.41. The summed E-state index contributed by atoms with van der Waals surface area (Å²) < 4.78 is 24.8. The number of aromatic nitrogens is 1. The highest BCUT2D eigenvalue weighted by molar-refractivity contribution is 9.08. The monoisotopic (exact) mass is 280 g/mol. The van der Waals surface area contributed by atoms with Crippen LogP contribution in [0.15, 0.2) is 6.07 Å². The lowest BCUT2D eigenvalue weighted by Crippen LogP contribution is -1.97. The second-order valence-corrected chi connectivity index (χ2v) is 3.35. The molecule has 0 unspecified atom stereocenters. The molecule has 1 aromatic rings. The Balaban J connectivity index is 3.36. The molecule has 0 amide bonds. The van der Waals surface area contributed by atoms with Crippen molar-refractivity contribution in [3.8, 4) is 6.07 Å². The van der Waals surface area contributed by atoms with Gasteiger partial charge < -0.3 is 0 Å². The van der Waals surface area contributed by atoms with Gasteiger partial charge in [0, 0.05) is 10.9 Å². The van der Waals surface area contributed by atoms with Crippen LogP contribution < -0.4 is 0 Å². The van der Waals surface area contributed by atoms with E-state index in [0.29, 0.717) is 11.0 Å². The lowest BCUT2D eigenvalue weighted by Gasteiger charge is -2.05. The first kappa shape index (κ1) is 11.3. The average molecular weight is 281 g/mol. The van der Waals surface area contributed by atoms with Gasteiger partial charge >= 0.3 is 0 Å². The summed E-state index contributed by atoms with van der Waals surface area (Å²) in [6.07, 6.45) is -2.70. The van der Waals surface area contributed by atoms with Crippen molar-refractivity contribution < 1.29 is 8.78 Å². The molecule has 14 heavy (non-hydrogen) atoms. The van der Waals surface area contributed by atoms with Crippen LogP contribution in [0, 0.1) is 11.3 Å². The molecule has 1 rings (SSSR count). The van der Waals surface area contributed by atoms with E-state index in [1.165, 1.54) is 6.07 Å². The maximum absolute atomic E-state index is 12.4. The lowest BCUT2D eigenvalue weighted by molar-refractivity contribution is 0.151. The number of halogens is 4. The Labute approximate surface area is 92.6 Å². The number of alkyl halides is 3. The Morgan fingerprint density at radius 3 is 2.71 bits per heavy atom. The van der Waals surface area contributed by atoms with Crippen molar-refractivity contribution in [2.75, 3.05) is 0 Å². The van der Waals surface area contributed by atoms with Crippen LogP contribution in [0.4, 0.5) is 8.78 Å². The van der Waals surface area contributed by atoms with E-state index in [9.17, 15) is 8.78 Å². The van der Waals surface area contributed by atoms with Crippen molar-refractivity contribution in [3.63, 3.8) is 0 Å². The highest BCUT2D eigenvalue weighted by atomic mass is 79.9. The molecular weight excluding hydrogens is 277 g/mol. The minimum absolute atomic E-state index is 0.168. The van der Waals surface area contributed by atoms with E-state index in [0.717, 1.165) is 0 Å². The fraction of sp³-hybridized carbons (Fsp3) is 0.250. The standard InChI is InChI=1S/C8H4BrClF2N2/c9-2-4-1-5(8(11)12)7(10)6(3-13)14-4/h1,8H,2H2. The molecule has 0 fully saturated rings. The predicted molar refractivity (Wildman–Crippen MR) is 51.6 cm³/mol. The first-order chi connectivity index (χ1) is 6.60. The Bertz CT molecular complexity index is 390. The maximum atomic E-state index is 12.4. The van der Waals surface area contributed by atoms with Gasteiger partial charge in [-0.25, -0.2) is 13.8 Å². The van der Waals surface area contributed by atoms with E-state index in [4.69, 9.17) is 16.9 Å². The molecule has 74 valence electrons. The molecule has 1 heterocycles. The molecule has 0 aromatic carbocycles. The minimum atomic E-state index is -2.70. The summed E-state index contributed by atoms with van der Waals surface area (Å²) in [5.74, 6) is 0. The molecule has 1 aromatic heterocycles. The van der Waals surface area contributed by atoms with Crippen molar-refractivity contribution in [3.05, 3.63) is 28.0 Å². The van der Waals surface area contributed by atoms with Crippen LogP contribution in [0.25, 0.3) is 0 Å². The molecule has 0 atom stereocenters. The SMILES string of the molecule is N#Cc1nc(CBr)cc(C(F)F)c1Cl. The fourth-order valence-corrected chi connectivity index (χ4v) is 1.41. The Morgan fingerprint density at radius 2 is 2.29 bits per heavy atom. The number of hydrogen-bond donors (Lipinski definition) is 0. The molecular formula is C8H4BrClF2N2. The van der Waals surface area contributed by atoms with E-state index < -0.39 is 6.43 Å². The smallest absolute Gasteiger partial charge is 0.240 e. The van der Waals surface area contributed by atoms with Crippen LogP contribution in [0.5, 0.6) is 0 Å². The molecule has 0 N–H and O–H groups in total. The van der Waals surface area contributed by atoms with Crippen molar-refractivity contribution in [2.24, 2.45) is 0 Å². The number of nitrogens with zero attached hydrogens (tertiary/aromatic N) is 2. The summed E-state index contributed by atoms with van der Waals surface area (Å²) >= 11 is 8.62. The molecule has 0 radical (unpaired) electrons. The molecule has 0 aliphatic rings. The van der Waals surface area contributed by atoms with E-state index in [1.807, 2.05) is 0 Å². The van der Waals surface area contributed by atoms with Crippen LogP contribution in [0.3, 0.4) is 0 Å². The van der Waals surface area contributed by atoms with Gasteiger partial charge in [-0.3, -0.25) is 0 Å². The molecule has 2 nitrogen and oxygen atoms in total. The number of rotatable bonds is 2. The Kier molecular flexibility index (Phi) is 3.78. The highest BCUT2D eigenvalue weighted by Gasteiger charge is 2.17. The number of pyridine rings is 1. The van der Waals surface area contributed by atoms with E-state index in [2.05, 4.69) is 20.9 Å². The van der Waals surface area contributed by atoms with Gasteiger partial charge in [-0.15, -0.1) is 0 Å². The van der Waals surface area contributed by atoms with E-state index >= 15 is 0 Å². The molecule has 0 aliphatic heterocycles. The van der Waals surface area contributed by atoms with E-state index in [1.54, 1.807) is 6.07 Å². The second kappa shape index (κ2) is 4.67. The summed E-state index contributed by atoms with van der Waals surface area (Å²) in [5, 5.41) is 8.62. The Morgan fingerprint density at radius 1 is 1.64 bits per heavy atom. The minimum Gasteiger partial charge on any atom is -0.240 e. The zero-order chi connectivity index (χ0) is 10.7. The third-order valence-corrected chi connectivity index (χ3v) is 2.49. The third-order valence-electron chi connectivity index (χ3n) is 1.52.